The van der Waals surface area contributed by atoms with Gasteiger partial charge in [-0.3, -0.25) is 14.4 Å². The SMILES string of the molecule is CN(C)/C=C1/C(=O)C(C)(C)CC1(C(=O)O)C(=O)O. The molecule has 6 nitrogen and oxygen atoms in total. The molecule has 0 radical (unpaired) electrons. The molecular formula is C12H17NO5. The molecular weight excluding hydrogens is 238 g/mol. The molecule has 0 heterocycles. The van der Waals surface area contributed by atoms with Crippen LogP contribution in [0.5, 0.6) is 0 Å². The number of nitrogens with zero attached hydrogens (tertiary/aromatic N) is 1. The summed E-state index contributed by atoms with van der Waals surface area (Å²) < 4.78 is 0. The highest BCUT2D eigenvalue weighted by Crippen LogP contribution is 2.50. The summed E-state index contributed by atoms with van der Waals surface area (Å²) in [5, 5.41) is 18.6. The quantitative estimate of drug-likeness (QED) is 0.566. The van der Waals surface area contributed by atoms with Crippen LogP contribution in [0.2, 0.25) is 0 Å². The fraction of sp³-hybridized carbons (Fsp3) is 0.583. The predicted molar refractivity (Wildman–Crippen MR) is 62.9 cm³/mol. The molecule has 1 rings (SSSR count). The molecule has 18 heavy (non-hydrogen) atoms. The van der Waals surface area contributed by atoms with Gasteiger partial charge in [-0.2, -0.15) is 0 Å². The Morgan fingerprint density at radius 3 is 2.00 bits per heavy atom. The van der Waals surface area contributed by atoms with E-state index in [0.717, 1.165) is 0 Å². The Balaban J connectivity index is 3.54. The molecule has 0 spiro atoms. The lowest BCUT2D eigenvalue weighted by atomic mass is 9.80. The molecule has 1 aliphatic carbocycles. The first kappa shape index (κ1) is 14.2. The van der Waals surface area contributed by atoms with Crippen molar-refractivity contribution >= 4 is 17.7 Å². The number of ketones is 1. The smallest absolute Gasteiger partial charge is 0.325 e. The molecule has 6 heteroatoms. The predicted octanol–water partition coefficient (Wildman–Crippen LogP) is 0.586. The Hall–Kier alpha value is -1.85. The summed E-state index contributed by atoms with van der Waals surface area (Å²) in [6, 6.07) is 0. The zero-order valence-electron chi connectivity index (χ0n) is 10.9. The maximum Gasteiger partial charge on any atom is 0.325 e. The monoisotopic (exact) mass is 255 g/mol. The van der Waals surface area contributed by atoms with Gasteiger partial charge in [-0.1, -0.05) is 13.8 Å². The second-order valence-corrected chi connectivity index (χ2v) is 5.41. The number of carboxylic acids is 2. The Labute approximate surface area is 105 Å². The van der Waals surface area contributed by atoms with E-state index < -0.39 is 28.6 Å². The topological polar surface area (TPSA) is 94.9 Å². The van der Waals surface area contributed by atoms with Crippen LogP contribution in [-0.2, 0) is 14.4 Å². The molecule has 0 aromatic heterocycles. The van der Waals surface area contributed by atoms with Gasteiger partial charge in [0.2, 0.25) is 0 Å². The molecule has 1 fully saturated rings. The number of carbonyl (C=O) groups is 3. The van der Waals surface area contributed by atoms with Crippen molar-refractivity contribution in [3.8, 4) is 0 Å². The van der Waals surface area contributed by atoms with Gasteiger partial charge in [0.25, 0.3) is 0 Å². The Morgan fingerprint density at radius 1 is 1.22 bits per heavy atom. The number of carboxylic acid groups (broad SMARTS) is 2. The Kier molecular flexibility index (Phi) is 3.25. The van der Waals surface area contributed by atoms with Gasteiger partial charge in [0.15, 0.2) is 11.2 Å². The van der Waals surface area contributed by atoms with Gasteiger partial charge in [-0.15, -0.1) is 0 Å². The maximum absolute atomic E-state index is 12.2. The van der Waals surface area contributed by atoms with Crippen LogP contribution >= 0.6 is 0 Å². The summed E-state index contributed by atoms with van der Waals surface area (Å²) in [7, 11) is 3.22. The van der Waals surface area contributed by atoms with Crippen LogP contribution in [0.4, 0.5) is 0 Å². The van der Waals surface area contributed by atoms with Gasteiger partial charge in [-0.05, 0) is 6.42 Å². The van der Waals surface area contributed by atoms with Crippen molar-refractivity contribution in [2.45, 2.75) is 20.3 Å². The van der Waals surface area contributed by atoms with Gasteiger partial charge in [-0.25, -0.2) is 0 Å². The first-order valence-corrected chi connectivity index (χ1v) is 5.46. The summed E-state index contributed by atoms with van der Waals surface area (Å²) in [5.41, 5.74) is -3.30. The molecule has 0 saturated heterocycles. The third-order valence-electron chi connectivity index (χ3n) is 3.14. The lowest BCUT2D eigenvalue weighted by molar-refractivity contribution is -0.161. The van der Waals surface area contributed by atoms with Gasteiger partial charge in [0.05, 0.1) is 0 Å². The van der Waals surface area contributed by atoms with E-state index in [4.69, 9.17) is 0 Å². The molecule has 100 valence electrons. The standard InChI is InChI=1S/C12H17NO5/c1-11(2)6-12(9(15)16,10(17)18)7(8(11)14)5-13(3)4/h5H,6H2,1-4H3,(H,15,16)(H,17,18)/b7-5-. The molecule has 0 amide bonds. The van der Waals surface area contributed by atoms with Crippen molar-refractivity contribution < 1.29 is 24.6 Å². The fourth-order valence-corrected chi connectivity index (χ4v) is 2.30. The van der Waals surface area contributed by atoms with Crippen LogP contribution in [0, 0.1) is 10.8 Å². The van der Waals surface area contributed by atoms with Crippen molar-refractivity contribution in [2.24, 2.45) is 10.8 Å². The normalized spacial score (nSPS) is 23.1. The van der Waals surface area contributed by atoms with Crippen molar-refractivity contribution in [1.29, 1.82) is 0 Å². The van der Waals surface area contributed by atoms with Crippen molar-refractivity contribution in [3.63, 3.8) is 0 Å². The van der Waals surface area contributed by atoms with Crippen LogP contribution in [-0.4, -0.2) is 46.9 Å². The van der Waals surface area contributed by atoms with Crippen LogP contribution in [0.15, 0.2) is 11.8 Å². The summed E-state index contributed by atoms with van der Waals surface area (Å²) in [4.78, 5) is 36.4. The zero-order valence-corrected chi connectivity index (χ0v) is 10.9. The highest BCUT2D eigenvalue weighted by Gasteiger charge is 2.63. The first-order chi connectivity index (χ1) is 8.05. The highest BCUT2D eigenvalue weighted by molar-refractivity contribution is 6.17. The van der Waals surface area contributed by atoms with Crippen LogP contribution in [0.25, 0.3) is 0 Å². The summed E-state index contributed by atoms with van der Waals surface area (Å²) in [6.07, 6.45) is 1.06. The van der Waals surface area contributed by atoms with Crippen molar-refractivity contribution in [3.05, 3.63) is 11.8 Å². The lowest BCUT2D eigenvalue weighted by Gasteiger charge is -2.21. The molecule has 0 atom stereocenters. The zero-order chi connectivity index (χ0) is 14.3. The van der Waals surface area contributed by atoms with E-state index in [1.165, 1.54) is 11.1 Å². The fourth-order valence-electron chi connectivity index (χ4n) is 2.30. The summed E-state index contributed by atoms with van der Waals surface area (Å²) >= 11 is 0. The van der Waals surface area contributed by atoms with E-state index in [1.807, 2.05) is 0 Å². The third kappa shape index (κ3) is 1.87. The van der Waals surface area contributed by atoms with Gasteiger partial charge < -0.3 is 15.1 Å². The minimum atomic E-state index is -2.15. The Morgan fingerprint density at radius 2 is 1.67 bits per heavy atom. The number of hydrogen-bond donors (Lipinski definition) is 2. The van der Waals surface area contributed by atoms with E-state index in [0.29, 0.717) is 0 Å². The van der Waals surface area contributed by atoms with Gasteiger partial charge in [0.1, 0.15) is 0 Å². The van der Waals surface area contributed by atoms with Crippen LogP contribution in [0.3, 0.4) is 0 Å². The van der Waals surface area contributed by atoms with Gasteiger partial charge >= 0.3 is 11.9 Å². The van der Waals surface area contributed by atoms with Gasteiger partial charge in [0, 0.05) is 31.3 Å². The first-order valence-electron chi connectivity index (χ1n) is 5.46. The Bertz CT molecular complexity index is 433. The van der Waals surface area contributed by atoms with Crippen molar-refractivity contribution in [1.82, 2.24) is 4.90 Å². The van der Waals surface area contributed by atoms with E-state index in [9.17, 15) is 24.6 Å². The second kappa shape index (κ2) is 4.12. The summed E-state index contributed by atoms with van der Waals surface area (Å²) in [5.74, 6) is -3.43. The number of hydrogen-bond acceptors (Lipinski definition) is 4. The molecule has 0 unspecified atom stereocenters. The summed E-state index contributed by atoms with van der Waals surface area (Å²) in [6.45, 7) is 3.12. The average Bonchev–Trinajstić information content (AvgIpc) is 2.39. The molecule has 1 aliphatic rings. The highest BCUT2D eigenvalue weighted by atomic mass is 16.4. The van der Waals surface area contributed by atoms with Crippen LogP contribution in [0.1, 0.15) is 20.3 Å². The molecule has 0 aromatic rings. The largest absolute Gasteiger partial charge is 0.480 e. The van der Waals surface area contributed by atoms with E-state index in [1.54, 1.807) is 27.9 Å². The molecule has 1 saturated carbocycles. The molecule has 0 aromatic carbocycles. The minimum absolute atomic E-state index is 0.169. The molecule has 0 bridgehead atoms. The van der Waals surface area contributed by atoms with Crippen LogP contribution < -0.4 is 0 Å². The second-order valence-electron chi connectivity index (χ2n) is 5.41. The number of rotatable bonds is 3. The van der Waals surface area contributed by atoms with E-state index in [2.05, 4.69) is 0 Å². The van der Waals surface area contributed by atoms with E-state index in [-0.39, 0.29) is 12.0 Å². The molecule has 0 aliphatic heterocycles. The average molecular weight is 255 g/mol. The maximum atomic E-state index is 12.2. The number of aliphatic carboxylic acids is 2. The van der Waals surface area contributed by atoms with Crippen molar-refractivity contribution in [2.75, 3.05) is 14.1 Å². The minimum Gasteiger partial charge on any atom is -0.480 e. The third-order valence-corrected chi connectivity index (χ3v) is 3.14. The molecule has 2 N–H and O–H groups in total. The van der Waals surface area contributed by atoms with E-state index >= 15 is 0 Å². The number of carbonyl (C=O) groups excluding carboxylic acids is 1. The lowest BCUT2D eigenvalue weighted by Crippen LogP contribution is -2.39. The number of Topliss-reactive ketones (excluding diaryl/α,β-unsaturated/α-hetero) is 1.